The summed E-state index contributed by atoms with van der Waals surface area (Å²) < 4.78 is 81.7. The summed E-state index contributed by atoms with van der Waals surface area (Å²) in [6, 6.07) is 26.4. The second-order valence-corrected chi connectivity index (χ2v) is 17.9. The Morgan fingerprint density at radius 3 is 1.31 bits per heavy atom. The Labute approximate surface area is 350 Å². The van der Waals surface area contributed by atoms with E-state index in [0.717, 1.165) is 105 Å². The molecule has 0 bridgehead atoms. The standard InChI is InChI=1S/C50H56F4N2O2S/c1-3-5-7-9-33-11-21-41(22-12-33)49(51,52)57-43-25-19-35-29-39(17-15-37(35)31-43)45-27-28-46(48-47(45)55-59-56-48)40-18-16-38-32-44(26-20-36(38)30-40)58-50(53,54)42-23-13-34(14-24-42)10-8-6-4-2/h15-20,25-34,41-42H,3-14,21-24H2,1-2H3/t33-,34-,41-,42-. The molecule has 8 rings (SSSR count). The van der Waals surface area contributed by atoms with Gasteiger partial charge in [0.1, 0.15) is 22.5 Å². The van der Waals surface area contributed by atoms with E-state index in [0.29, 0.717) is 37.5 Å². The summed E-state index contributed by atoms with van der Waals surface area (Å²) in [6.45, 7) is 4.38. The molecule has 2 aliphatic rings. The smallest absolute Gasteiger partial charge is 0.400 e. The van der Waals surface area contributed by atoms with E-state index in [9.17, 15) is 0 Å². The molecule has 0 N–H and O–H groups in total. The lowest BCUT2D eigenvalue weighted by atomic mass is 9.79. The molecule has 0 atom stereocenters. The Bertz CT molecular complexity index is 2180. The molecule has 0 aliphatic heterocycles. The van der Waals surface area contributed by atoms with Gasteiger partial charge in [-0.3, -0.25) is 0 Å². The van der Waals surface area contributed by atoms with Gasteiger partial charge in [-0.15, -0.1) is 0 Å². The second-order valence-electron chi connectivity index (χ2n) is 17.3. The highest BCUT2D eigenvalue weighted by molar-refractivity contribution is 7.00. The minimum atomic E-state index is -3.21. The Morgan fingerprint density at radius 2 is 0.898 bits per heavy atom. The number of fused-ring (bicyclic) bond motifs is 3. The largest absolute Gasteiger partial charge is 0.432 e. The summed E-state index contributed by atoms with van der Waals surface area (Å²) in [4.78, 5) is 0. The molecule has 2 aliphatic carbocycles. The van der Waals surface area contributed by atoms with Gasteiger partial charge >= 0.3 is 12.2 Å². The lowest BCUT2D eigenvalue weighted by Crippen LogP contribution is -2.37. The maximum Gasteiger partial charge on any atom is 0.400 e. The number of halogens is 4. The predicted molar refractivity (Wildman–Crippen MR) is 234 cm³/mol. The quantitative estimate of drug-likeness (QED) is 0.0720. The normalized spacial score (nSPS) is 20.4. The summed E-state index contributed by atoms with van der Waals surface area (Å²) in [7, 11) is 0. The van der Waals surface area contributed by atoms with Gasteiger partial charge in [-0.2, -0.15) is 26.3 Å². The van der Waals surface area contributed by atoms with E-state index in [2.05, 4.69) is 22.6 Å². The van der Waals surface area contributed by atoms with Crippen molar-refractivity contribution in [3.8, 4) is 33.8 Å². The van der Waals surface area contributed by atoms with Crippen molar-refractivity contribution in [2.75, 3.05) is 0 Å². The Balaban J connectivity index is 0.937. The van der Waals surface area contributed by atoms with Crippen molar-refractivity contribution < 1.29 is 27.0 Å². The number of benzene rings is 5. The van der Waals surface area contributed by atoms with Crippen molar-refractivity contribution in [2.45, 2.75) is 129 Å². The van der Waals surface area contributed by atoms with Crippen LogP contribution in [0.5, 0.6) is 11.5 Å². The summed E-state index contributed by atoms with van der Waals surface area (Å²) in [5, 5.41) is 3.46. The molecule has 0 saturated heterocycles. The Hall–Kier alpha value is -4.24. The van der Waals surface area contributed by atoms with Crippen LogP contribution in [0, 0.1) is 23.7 Å². The number of rotatable bonds is 16. The average molecular weight is 825 g/mol. The molecule has 59 heavy (non-hydrogen) atoms. The van der Waals surface area contributed by atoms with Crippen molar-refractivity contribution in [3.05, 3.63) is 84.9 Å². The molecule has 2 fully saturated rings. The predicted octanol–water partition coefficient (Wildman–Crippen LogP) is 16.0. The maximum absolute atomic E-state index is 15.4. The summed E-state index contributed by atoms with van der Waals surface area (Å²) in [5.74, 6) is -0.0533. The second kappa shape index (κ2) is 18.2. The molecule has 1 aromatic heterocycles. The van der Waals surface area contributed by atoms with Gasteiger partial charge in [0.15, 0.2) is 0 Å². The molecule has 0 spiro atoms. The highest BCUT2D eigenvalue weighted by Gasteiger charge is 2.45. The molecule has 312 valence electrons. The first-order chi connectivity index (χ1) is 28.6. The molecule has 9 heteroatoms. The third kappa shape index (κ3) is 9.56. The van der Waals surface area contributed by atoms with Crippen LogP contribution in [0.1, 0.15) is 117 Å². The number of hydrogen-bond acceptors (Lipinski definition) is 5. The molecule has 4 nitrogen and oxygen atoms in total. The van der Waals surface area contributed by atoms with Crippen LogP contribution in [0.2, 0.25) is 0 Å². The van der Waals surface area contributed by atoms with Gasteiger partial charge in [-0.05, 0) is 132 Å². The Kier molecular flexibility index (Phi) is 12.8. The SMILES string of the molecule is CCCCC[C@H]1CC[C@H](C(F)(F)Oc2ccc3cc(-c4ccc(-c5ccc6cc(OC(F)(F)[C@H]7CC[C@H](CCCCC)CC7)ccc6c5)c5nsnc45)ccc3c2)CC1. The van der Waals surface area contributed by atoms with E-state index in [1.807, 2.05) is 60.7 Å². The van der Waals surface area contributed by atoms with Gasteiger partial charge in [-0.1, -0.05) is 114 Å². The van der Waals surface area contributed by atoms with Crippen molar-refractivity contribution in [1.82, 2.24) is 8.75 Å². The number of alkyl halides is 4. The van der Waals surface area contributed by atoms with Crippen molar-refractivity contribution in [3.63, 3.8) is 0 Å². The first-order valence-corrected chi connectivity index (χ1v) is 22.8. The van der Waals surface area contributed by atoms with Crippen LogP contribution in [-0.4, -0.2) is 21.0 Å². The fourth-order valence-corrected chi connectivity index (χ4v) is 10.2. The van der Waals surface area contributed by atoms with E-state index < -0.39 is 24.1 Å². The third-order valence-electron chi connectivity index (χ3n) is 13.2. The molecular formula is C50H56F4N2O2S. The number of aromatic nitrogens is 2. The molecule has 2 saturated carbocycles. The molecule has 0 radical (unpaired) electrons. The summed E-state index contributed by atoms with van der Waals surface area (Å²) >= 11 is 1.15. The molecular weight excluding hydrogens is 769 g/mol. The molecule has 5 aromatic carbocycles. The number of nitrogens with zero attached hydrogens (tertiary/aromatic N) is 2. The van der Waals surface area contributed by atoms with Crippen LogP contribution in [0.3, 0.4) is 0 Å². The zero-order chi connectivity index (χ0) is 41.0. The Morgan fingerprint density at radius 1 is 0.508 bits per heavy atom. The lowest BCUT2D eigenvalue weighted by Gasteiger charge is -2.33. The number of hydrogen-bond donors (Lipinski definition) is 0. The van der Waals surface area contributed by atoms with Crippen LogP contribution >= 0.6 is 11.7 Å². The van der Waals surface area contributed by atoms with Gasteiger partial charge in [0, 0.05) is 11.1 Å². The van der Waals surface area contributed by atoms with Crippen LogP contribution in [0.15, 0.2) is 84.9 Å². The van der Waals surface area contributed by atoms with E-state index in [4.69, 9.17) is 9.47 Å². The fourth-order valence-electron chi connectivity index (χ4n) is 9.66. The van der Waals surface area contributed by atoms with Gasteiger partial charge in [0.2, 0.25) is 0 Å². The summed E-state index contributed by atoms with van der Waals surface area (Å²) in [5.41, 5.74) is 5.27. The number of unbranched alkanes of at least 4 members (excludes halogenated alkanes) is 4. The number of ether oxygens (including phenoxy) is 2. The topological polar surface area (TPSA) is 44.2 Å². The first kappa shape index (κ1) is 41.5. The van der Waals surface area contributed by atoms with Crippen molar-refractivity contribution in [2.24, 2.45) is 23.7 Å². The zero-order valence-electron chi connectivity index (χ0n) is 34.3. The highest BCUT2D eigenvalue weighted by atomic mass is 32.1. The highest BCUT2D eigenvalue weighted by Crippen LogP contribution is 2.44. The van der Waals surface area contributed by atoms with E-state index in [1.165, 1.54) is 38.5 Å². The first-order valence-electron chi connectivity index (χ1n) is 22.1. The van der Waals surface area contributed by atoms with Gasteiger partial charge in [-0.25, -0.2) is 0 Å². The van der Waals surface area contributed by atoms with E-state index in [1.54, 1.807) is 24.3 Å². The van der Waals surface area contributed by atoms with Crippen molar-refractivity contribution >= 4 is 44.3 Å². The minimum Gasteiger partial charge on any atom is -0.432 e. The summed E-state index contributed by atoms with van der Waals surface area (Å²) in [6.07, 6.45) is 8.42. The molecule has 0 amide bonds. The van der Waals surface area contributed by atoms with Crippen LogP contribution in [-0.2, 0) is 0 Å². The third-order valence-corrected chi connectivity index (χ3v) is 13.8. The van der Waals surface area contributed by atoms with E-state index in [-0.39, 0.29) is 11.5 Å². The monoisotopic (exact) mass is 824 g/mol. The van der Waals surface area contributed by atoms with Crippen molar-refractivity contribution in [1.29, 1.82) is 0 Å². The average Bonchev–Trinajstić information content (AvgIpc) is 3.74. The molecule has 1 heterocycles. The van der Waals surface area contributed by atoms with Gasteiger partial charge in [0.25, 0.3) is 0 Å². The molecule has 6 aromatic rings. The lowest BCUT2D eigenvalue weighted by molar-refractivity contribution is -0.224. The van der Waals surface area contributed by atoms with Crippen LogP contribution in [0.4, 0.5) is 17.6 Å². The zero-order valence-corrected chi connectivity index (χ0v) is 35.2. The van der Waals surface area contributed by atoms with Crippen LogP contribution in [0.25, 0.3) is 54.8 Å². The van der Waals surface area contributed by atoms with Gasteiger partial charge < -0.3 is 9.47 Å². The van der Waals surface area contributed by atoms with Crippen LogP contribution < -0.4 is 9.47 Å². The maximum atomic E-state index is 15.4. The molecule has 0 unspecified atom stereocenters. The van der Waals surface area contributed by atoms with E-state index >= 15 is 17.6 Å². The van der Waals surface area contributed by atoms with Gasteiger partial charge in [0.05, 0.1) is 23.6 Å². The fraction of sp³-hybridized carbons (Fsp3) is 0.480. The minimum absolute atomic E-state index is 0.179.